The molecular weight excluding hydrogens is 292 g/mol. The van der Waals surface area contributed by atoms with Gasteiger partial charge in [0.15, 0.2) is 0 Å². The van der Waals surface area contributed by atoms with Gasteiger partial charge in [0.05, 0.1) is 16.8 Å². The minimum atomic E-state index is -3.58. The Morgan fingerprint density at radius 1 is 1.38 bits per heavy atom. The van der Waals surface area contributed by atoms with Crippen molar-refractivity contribution in [3.05, 3.63) is 24.3 Å². The Morgan fingerprint density at radius 3 is 2.76 bits per heavy atom. The maximum absolute atomic E-state index is 12.1. The normalized spacial score (nSPS) is 19.6. The number of rotatable bonds is 3. The summed E-state index contributed by atoms with van der Waals surface area (Å²) in [6.45, 7) is 0.326. The summed E-state index contributed by atoms with van der Waals surface area (Å²) < 4.78 is 24.2. The highest BCUT2D eigenvalue weighted by molar-refractivity contribution is 7.89. The summed E-state index contributed by atoms with van der Waals surface area (Å²) in [5, 5.41) is 5.06. The van der Waals surface area contributed by atoms with Crippen molar-refractivity contribution < 1.29 is 13.2 Å². The number of benzene rings is 1. The van der Waals surface area contributed by atoms with E-state index >= 15 is 0 Å². The molecule has 21 heavy (non-hydrogen) atoms. The Labute approximate surface area is 122 Å². The van der Waals surface area contributed by atoms with Gasteiger partial charge >= 0.3 is 0 Å². The van der Waals surface area contributed by atoms with Crippen LogP contribution in [-0.4, -0.2) is 36.2 Å². The summed E-state index contributed by atoms with van der Waals surface area (Å²) in [4.78, 5) is 18.1. The number of anilines is 1. The number of fused-ring (bicyclic) bond motifs is 1. The number of carbonyl (C=O) groups is 1. The Morgan fingerprint density at radius 2 is 2.10 bits per heavy atom. The zero-order valence-corrected chi connectivity index (χ0v) is 12.4. The van der Waals surface area contributed by atoms with Crippen LogP contribution in [-0.2, 0) is 21.9 Å². The third-order valence-corrected chi connectivity index (χ3v) is 4.61. The van der Waals surface area contributed by atoms with Gasteiger partial charge in [0.25, 0.3) is 0 Å². The Bertz CT molecular complexity index is 812. The van der Waals surface area contributed by atoms with E-state index in [1.54, 1.807) is 0 Å². The predicted octanol–water partition coefficient (Wildman–Crippen LogP) is 0.215. The van der Waals surface area contributed by atoms with Crippen molar-refractivity contribution in [1.29, 1.82) is 0 Å². The van der Waals surface area contributed by atoms with Gasteiger partial charge in [-0.1, -0.05) is 12.1 Å². The van der Waals surface area contributed by atoms with E-state index in [2.05, 4.69) is 4.98 Å². The van der Waals surface area contributed by atoms with Crippen molar-refractivity contribution in [2.45, 2.75) is 6.42 Å². The summed E-state index contributed by atoms with van der Waals surface area (Å²) >= 11 is 0. The van der Waals surface area contributed by atoms with Crippen molar-refractivity contribution in [3.8, 4) is 0 Å². The number of nitrogens with two attached hydrogens (primary N) is 1. The fraction of sp³-hybridized carbons (Fsp3) is 0.385. The SMILES string of the molecule is Cn1c(N2CC(CS(N)(=O)=O)CC2=O)nc2ccccc21. The van der Waals surface area contributed by atoms with E-state index in [0.717, 1.165) is 11.0 Å². The number of amides is 1. The molecule has 3 rings (SSSR count). The first kappa shape index (κ1) is 14.0. The van der Waals surface area contributed by atoms with Gasteiger partial charge in [-0.3, -0.25) is 9.69 Å². The van der Waals surface area contributed by atoms with Gasteiger partial charge in [-0.25, -0.2) is 18.5 Å². The number of hydrogen-bond donors (Lipinski definition) is 1. The molecule has 1 atom stereocenters. The van der Waals surface area contributed by atoms with Crippen LogP contribution < -0.4 is 10.0 Å². The Balaban J connectivity index is 1.92. The molecule has 1 aromatic carbocycles. The van der Waals surface area contributed by atoms with E-state index < -0.39 is 10.0 Å². The van der Waals surface area contributed by atoms with Crippen molar-refractivity contribution >= 4 is 32.9 Å². The van der Waals surface area contributed by atoms with E-state index in [1.807, 2.05) is 35.9 Å². The molecular formula is C13H16N4O3S. The molecule has 2 aromatic rings. The van der Waals surface area contributed by atoms with E-state index in [4.69, 9.17) is 5.14 Å². The number of aromatic nitrogens is 2. The predicted molar refractivity (Wildman–Crippen MR) is 79.1 cm³/mol. The van der Waals surface area contributed by atoms with Crippen LogP contribution in [0.25, 0.3) is 11.0 Å². The number of imidazole rings is 1. The fourth-order valence-corrected chi connectivity index (χ4v) is 3.67. The molecule has 0 spiro atoms. The molecule has 0 saturated carbocycles. The molecule has 1 fully saturated rings. The van der Waals surface area contributed by atoms with Crippen LogP contribution in [0.2, 0.25) is 0 Å². The monoisotopic (exact) mass is 308 g/mol. The first-order valence-electron chi connectivity index (χ1n) is 6.57. The first-order chi connectivity index (χ1) is 9.85. The van der Waals surface area contributed by atoms with Crippen molar-refractivity contribution in [2.24, 2.45) is 18.1 Å². The van der Waals surface area contributed by atoms with Crippen LogP contribution in [0, 0.1) is 5.92 Å². The molecule has 8 heteroatoms. The average Bonchev–Trinajstić information content (AvgIpc) is 2.89. The molecule has 112 valence electrons. The van der Waals surface area contributed by atoms with E-state index in [9.17, 15) is 13.2 Å². The molecule has 1 aromatic heterocycles. The number of aryl methyl sites for hydroxylation is 1. The topological polar surface area (TPSA) is 98.3 Å². The van der Waals surface area contributed by atoms with Crippen LogP contribution in [0.1, 0.15) is 6.42 Å². The third kappa shape index (κ3) is 2.64. The lowest BCUT2D eigenvalue weighted by Gasteiger charge is -2.15. The molecule has 0 radical (unpaired) electrons. The first-order valence-corrected chi connectivity index (χ1v) is 8.29. The summed E-state index contributed by atoms with van der Waals surface area (Å²) in [6, 6.07) is 7.59. The fourth-order valence-electron chi connectivity index (χ4n) is 2.79. The van der Waals surface area contributed by atoms with E-state index in [0.29, 0.717) is 12.5 Å². The van der Waals surface area contributed by atoms with Crippen molar-refractivity contribution in [2.75, 3.05) is 17.2 Å². The maximum atomic E-state index is 12.1. The summed E-state index contributed by atoms with van der Waals surface area (Å²) in [5.41, 5.74) is 1.73. The minimum absolute atomic E-state index is 0.123. The minimum Gasteiger partial charge on any atom is -0.313 e. The highest BCUT2D eigenvalue weighted by atomic mass is 32.2. The van der Waals surface area contributed by atoms with E-state index in [1.165, 1.54) is 4.90 Å². The zero-order valence-electron chi connectivity index (χ0n) is 11.6. The molecule has 2 N–H and O–H groups in total. The number of nitrogens with zero attached hydrogens (tertiary/aromatic N) is 3. The molecule has 0 bridgehead atoms. The van der Waals surface area contributed by atoms with Crippen LogP contribution in [0.5, 0.6) is 0 Å². The summed E-state index contributed by atoms with van der Waals surface area (Å²) in [7, 11) is -1.74. The van der Waals surface area contributed by atoms with Crippen LogP contribution in [0.15, 0.2) is 24.3 Å². The Kier molecular flexibility index (Phi) is 3.22. The Hall–Kier alpha value is -1.93. The second-order valence-electron chi connectivity index (χ2n) is 5.36. The molecule has 1 aliphatic rings. The summed E-state index contributed by atoms with van der Waals surface area (Å²) in [5.74, 6) is -0.0494. The third-order valence-electron chi connectivity index (χ3n) is 3.68. The molecule has 7 nitrogen and oxygen atoms in total. The lowest BCUT2D eigenvalue weighted by Crippen LogP contribution is -2.29. The largest absolute Gasteiger partial charge is 0.313 e. The van der Waals surface area contributed by atoms with Crippen molar-refractivity contribution in [1.82, 2.24) is 9.55 Å². The quantitative estimate of drug-likeness (QED) is 0.876. The number of hydrogen-bond acceptors (Lipinski definition) is 4. The lowest BCUT2D eigenvalue weighted by molar-refractivity contribution is -0.117. The van der Waals surface area contributed by atoms with E-state index in [-0.39, 0.29) is 24.0 Å². The average molecular weight is 308 g/mol. The lowest BCUT2D eigenvalue weighted by atomic mass is 10.1. The molecule has 2 heterocycles. The van der Waals surface area contributed by atoms with Crippen LogP contribution in [0.4, 0.5) is 5.95 Å². The van der Waals surface area contributed by atoms with Crippen LogP contribution in [0.3, 0.4) is 0 Å². The van der Waals surface area contributed by atoms with Gasteiger partial charge in [-0.05, 0) is 12.1 Å². The standard InChI is InChI=1S/C13H16N4O3S/c1-16-11-5-3-2-4-10(11)15-13(16)17-7-9(6-12(17)18)8-21(14,19)20/h2-5,9H,6-8H2,1H3,(H2,14,19,20). The molecule has 1 amide bonds. The number of para-hydroxylation sites is 2. The van der Waals surface area contributed by atoms with Gasteiger partial charge in [-0.15, -0.1) is 0 Å². The molecule has 1 unspecified atom stereocenters. The smallest absolute Gasteiger partial charge is 0.229 e. The maximum Gasteiger partial charge on any atom is 0.229 e. The highest BCUT2D eigenvalue weighted by Crippen LogP contribution is 2.27. The van der Waals surface area contributed by atoms with Crippen molar-refractivity contribution in [3.63, 3.8) is 0 Å². The van der Waals surface area contributed by atoms with Crippen LogP contribution >= 0.6 is 0 Å². The number of primary sulfonamides is 1. The second kappa shape index (κ2) is 4.81. The van der Waals surface area contributed by atoms with Gasteiger partial charge in [0.1, 0.15) is 0 Å². The second-order valence-corrected chi connectivity index (χ2v) is 7.02. The number of sulfonamides is 1. The molecule has 0 aliphatic carbocycles. The van der Waals surface area contributed by atoms with Gasteiger partial charge in [0.2, 0.25) is 21.9 Å². The highest BCUT2D eigenvalue weighted by Gasteiger charge is 2.35. The zero-order chi connectivity index (χ0) is 15.2. The number of carbonyl (C=O) groups excluding carboxylic acids is 1. The van der Waals surface area contributed by atoms with Gasteiger partial charge in [0, 0.05) is 25.9 Å². The summed E-state index contributed by atoms with van der Waals surface area (Å²) in [6.07, 6.45) is 0.180. The molecule has 1 aliphatic heterocycles. The van der Waals surface area contributed by atoms with Gasteiger partial charge < -0.3 is 4.57 Å². The van der Waals surface area contributed by atoms with Gasteiger partial charge in [-0.2, -0.15) is 0 Å². The molecule has 1 saturated heterocycles.